The van der Waals surface area contributed by atoms with E-state index in [-0.39, 0.29) is 6.04 Å². The zero-order valence-corrected chi connectivity index (χ0v) is 13.8. The Hall–Kier alpha value is -0.770. The monoisotopic (exact) mass is 298 g/mol. The number of nitrogens with two attached hydrogens (primary N) is 1. The maximum atomic E-state index is 6.19. The molecule has 0 aliphatic carbocycles. The van der Waals surface area contributed by atoms with Gasteiger partial charge in [-0.15, -0.1) is 0 Å². The van der Waals surface area contributed by atoms with E-state index in [2.05, 4.69) is 24.8 Å². The largest absolute Gasteiger partial charge is 0.383 e. The number of rotatable bonds is 8. The number of methoxy groups -OCH3 is 1. The molecule has 2 unspecified atom stereocenters. The van der Waals surface area contributed by atoms with Crippen LogP contribution in [0.3, 0.4) is 0 Å². The van der Waals surface area contributed by atoms with Gasteiger partial charge in [0, 0.05) is 36.4 Å². The van der Waals surface area contributed by atoms with Crippen LogP contribution in [-0.4, -0.2) is 32.3 Å². The van der Waals surface area contributed by atoms with Gasteiger partial charge in [0.25, 0.3) is 0 Å². The summed E-state index contributed by atoms with van der Waals surface area (Å²) in [6, 6.07) is 6.64. The maximum Gasteiger partial charge on any atom is 0.0637 e. The van der Waals surface area contributed by atoms with Gasteiger partial charge in [-0.3, -0.25) is 0 Å². The van der Waals surface area contributed by atoms with Crippen LogP contribution in [0.15, 0.2) is 18.2 Å². The first-order valence-corrected chi connectivity index (χ1v) is 7.67. The zero-order valence-electron chi connectivity index (χ0n) is 13.0. The summed E-state index contributed by atoms with van der Waals surface area (Å²) in [7, 11) is 1.73. The van der Waals surface area contributed by atoms with Gasteiger partial charge in [-0.25, -0.2) is 0 Å². The smallest absolute Gasteiger partial charge is 0.0637 e. The molecule has 1 aromatic rings. The first kappa shape index (κ1) is 17.3. The Balaban J connectivity index is 3.11. The van der Waals surface area contributed by atoms with E-state index in [9.17, 15) is 0 Å². The number of hydrogen-bond donors (Lipinski definition) is 1. The highest BCUT2D eigenvalue weighted by Crippen LogP contribution is 2.28. The van der Waals surface area contributed by atoms with Crippen LogP contribution < -0.4 is 10.6 Å². The summed E-state index contributed by atoms with van der Waals surface area (Å²) in [5.74, 6) is 0. The number of ether oxygens (including phenoxy) is 1. The van der Waals surface area contributed by atoms with E-state index in [1.165, 1.54) is 11.3 Å². The van der Waals surface area contributed by atoms with Gasteiger partial charge in [-0.05, 0) is 44.4 Å². The number of anilines is 1. The van der Waals surface area contributed by atoms with Crippen LogP contribution in [0.25, 0.3) is 0 Å². The zero-order chi connectivity index (χ0) is 15.1. The van der Waals surface area contributed by atoms with Gasteiger partial charge in [0.15, 0.2) is 0 Å². The lowest BCUT2D eigenvalue weighted by molar-refractivity contribution is 0.203. The Bertz CT molecular complexity index is 409. The minimum Gasteiger partial charge on any atom is -0.383 e. The van der Waals surface area contributed by atoms with Crippen LogP contribution in [0.2, 0.25) is 5.02 Å². The van der Waals surface area contributed by atoms with E-state index < -0.39 is 0 Å². The SMILES string of the molecule is CCC(C)N(CCOC)c1cc(Cl)ccc1CC(C)N. The van der Waals surface area contributed by atoms with Crippen molar-refractivity contribution in [3.8, 4) is 0 Å². The number of hydrogen-bond acceptors (Lipinski definition) is 3. The fourth-order valence-corrected chi connectivity index (χ4v) is 2.48. The summed E-state index contributed by atoms with van der Waals surface area (Å²) in [6.07, 6.45) is 1.93. The van der Waals surface area contributed by atoms with Crippen LogP contribution in [0.1, 0.15) is 32.8 Å². The average molecular weight is 299 g/mol. The van der Waals surface area contributed by atoms with Gasteiger partial charge < -0.3 is 15.4 Å². The second-order valence-electron chi connectivity index (χ2n) is 5.40. The molecule has 0 saturated carbocycles. The molecule has 0 aliphatic rings. The van der Waals surface area contributed by atoms with Gasteiger partial charge in [0.05, 0.1) is 6.61 Å². The van der Waals surface area contributed by atoms with Gasteiger partial charge in [-0.2, -0.15) is 0 Å². The van der Waals surface area contributed by atoms with Crippen LogP contribution in [0.5, 0.6) is 0 Å². The molecule has 0 amide bonds. The molecule has 20 heavy (non-hydrogen) atoms. The van der Waals surface area contributed by atoms with Crippen molar-refractivity contribution in [1.82, 2.24) is 0 Å². The number of nitrogens with zero attached hydrogens (tertiary/aromatic N) is 1. The minimum absolute atomic E-state index is 0.135. The Morgan fingerprint density at radius 1 is 1.35 bits per heavy atom. The molecule has 0 heterocycles. The van der Waals surface area contributed by atoms with Crippen LogP contribution in [0.4, 0.5) is 5.69 Å². The lowest BCUT2D eigenvalue weighted by atomic mass is 10.0. The van der Waals surface area contributed by atoms with Crippen molar-refractivity contribution in [3.63, 3.8) is 0 Å². The van der Waals surface area contributed by atoms with E-state index in [0.717, 1.165) is 24.4 Å². The molecular formula is C16H27ClN2O. The highest BCUT2D eigenvalue weighted by Gasteiger charge is 2.17. The van der Waals surface area contributed by atoms with Gasteiger partial charge >= 0.3 is 0 Å². The summed E-state index contributed by atoms with van der Waals surface area (Å²) in [5, 5.41) is 0.763. The summed E-state index contributed by atoms with van der Waals surface area (Å²) in [5.41, 5.74) is 8.40. The Morgan fingerprint density at radius 3 is 2.60 bits per heavy atom. The molecule has 0 saturated heterocycles. The second-order valence-corrected chi connectivity index (χ2v) is 5.83. The molecule has 3 nitrogen and oxygen atoms in total. The van der Waals surface area contributed by atoms with Gasteiger partial charge in [0.1, 0.15) is 0 Å². The van der Waals surface area contributed by atoms with Crippen LogP contribution in [0, 0.1) is 0 Å². The lowest BCUT2D eigenvalue weighted by Crippen LogP contribution is -2.36. The van der Waals surface area contributed by atoms with Crippen molar-refractivity contribution in [1.29, 1.82) is 0 Å². The van der Waals surface area contributed by atoms with Crippen LogP contribution in [-0.2, 0) is 11.2 Å². The molecule has 114 valence electrons. The molecule has 2 N–H and O–H groups in total. The minimum atomic E-state index is 0.135. The molecule has 4 heteroatoms. The lowest BCUT2D eigenvalue weighted by Gasteiger charge is -2.33. The third-order valence-corrected chi connectivity index (χ3v) is 3.79. The van der Waals surface area contributed by atoms with Gasteiger partial charge in [0.2, 0.25) is 0 Å². The van der Waals surface area contributed by atoms with E-state index in [0.29, 0.717) is 12.6 Å². The van der Waals surface area contributed by atoms with Crippen molar-refractivity contribution in [2.45, 2.75) is 45.7 Å². The third-order valence-electron chi connectivity index (χ3n) is 3.56. The first-order chi connectivity index (χ1) is 9.49. The molecule has 0 fully saturated rings. The Kier molecular flexibility index (Phi) is 7.35. The van der Waals surface area contributed by atoms with Crippen LogP contribution >= 0.6 is 11.6 Å². The van der Waals surface area contributed by atoms with Crippen molar-refractivity contribution in [3.05, 3.63) is 28.8 Å². The third kappa shape index (κ3) is 4.97. The highest BCUT2D eigenvalue weighted by atomic mass is 35.5. The summed E-state index contributed by atoms with van der Waals surface area (Å²) in [6.45, 7) is 8.01. The first-order valence-electron chi connectivity index (χ1n) is 7.29. The van der Waals surface area contributed by atoms with E-state index >= 15 is 0 Å². The Labute approximate surface area is 128 Å². The molecule has 2 atom stereocenters. The molecule has 0 radical (unpaired) electrons. The number of benzene rings is 1. The second kappa shape index (κ2) is 8.50. The molecule has 1 rings (SSSR count). The summed E-state index contributed by atoms with van der Waals surface area (Å²) >= 11 is 6.19. The molecule has 0 aliphatic heterocycles. The maximum absolute atomic E-state index is 6.19. The average Bonchev–Trinajstić information content (AvgIpc) is 2.41. The molecule has 0 spiro atoms. The fourth-order valence-electron chi connectivity index (χ4n) is 2.31. The summed E-state index contributed by atoms with van der Waals surface area (Å²) < 4.78 is 5.24. The molecule has 0 bridgehead atoms. The van der Waals surface area contributed by atoms with Crippen molar-refractivity contribution < 1.29 is 4.74 Å². The predicted molar refractivity (Wildman–Crippen MR) is 87.8 cm³/mol. The van der Waals surface area contributed by atoms with E-state index in [1.807, 2.05) is 19.1 Å². The standard InChI is InChI=1S/C16H27ClN2O/c1-5-13(3)19(8-9-20-4)16-11-15(17)7-6-14(16)10-12(2)18/h6-7,11-13H,5,8-10,18H2,1-4H3. The topological polar surface area (TPSA) is 38.5 Å². The van der Waals surface area contributed by atoms with Crippen molar-refractivity contribution >= 4 is 17.3 Å². The summed E-state index contributed by atoms with van der Waals surface area (Å²) in [4.78, 5) is 2.37. The number of halogens is 1. The van der Waals surface area contributed by atoms with E-state index in [1.54, 1.807) is 7.11 Å². The fraction of sp³-hybridized carbons (Fsp3) is 0.625. The van der Waals surface area contributed by atoms with Gasteiger partial charge in [-0.1, -0.05) is 24.6 Å². The van der Waals surface area contributed by atoms with Crippen molar-refractivity contribution in [2.24, 2.45) is 5.73 Å². The predicted octanol–water partition coefficient (Wildman–Crippen LogP) is 3.48. The van der Waals surface area contributed by atoms with Crippen molar-refractivity contribution in [2.75, 3.05) is 25.2 Å². The normalized spacial score (nSPS) is 14.1. The molecule has 1 aromatic carbocycles. The quantitative estimate of drug-likeness (QED) is 0.798. The Morgan fingerprint density at radius 2 is 2.05 bits per heavy atom. The highest BCUT2D eigenvalue weighted by molar-refractivity contribution is 6.30. The molecule has 0 aromatic heterocycles. The molecular weight excluding hydrogens is 272 g/mol. The van der Waals surface area contributed by atoms with E-state index in [4.69, 9.17) is 22.1 Å².